The van der Waals surface area contributed by atoms with Crippen LogP contribution in [0.4, 0.5) is 0 Å². The van der Waals surface area contributed by atoms with Crippen molar-refractivity contribution < 1.29 is 8.42 Å². The smallest absolute Gasteiger partial charge is 0.294 e. The zero-order chi connectivity index (χ0) is 19.6. The molecule has 3 rings (SSSR count). The maximum absolute atomic E-state index is 12.5. The summed E-state index contributed by atoms with van der Waals surface area (Å²) in [5.74, 6) is 0.416. The van der Waals surface area contributed by atoms with Gasteiger partial charge in [-0.1, -0.05) is 55.0 Å². The number of sulfonamides is 1. The molecule has 1 aromatic heterocycles. The minimum Gasteiger partial charge on any atom is -0.294 e. The van der Waals surface area contributed by atoms with Gasteiger partial charge in [-0.3, -0.25) is 9.36 Å². The van der Waals surface area contributed by atoms with E-state index in [0.29, 0.717) is 34.2 Å². The highest BCUT2D eigenvalue weighted by molar-refractivity contribution is 7.89. The summed E-state index contributed by atoms with van der Waals surface area (Å²) in [6, 6.07) is 12.1. The van der Waals surface area contributed by atoms with Crippen LogP contribution >= 0.6 is 22.9 Å². The number of hydrogen-bond donors (Lipinski definition) is 1. The molecule has 3 aromatic rings. The first-order chi connectivity index (χ1) is 12.8. The standard InChI is InChI=1S/C19H21ClN2O3S2/c1-13(2)9-10-21-27(24,25)15-7-8-17-18(11-15)26-19(23)22(17)12-14-5-3-4-6-16(14)20/h3-8,11,13,21H,9-10,12H2,1-2H3. The largest absolute Gasteiger partial charge is 0.308 e. The van der Waals surface area contributed by atoms with E-state index in [9.17, 15) is 13.2 Å². The van der Waals surface area contributed by atoms with Crippen LogP contribution in [-0.4, -0.2) is 19.5 Å². The van der Waals surface area contributed by atoms with Gasteiger partial charge in [-0.25, -0.2) is 13.1 Å². The quantitative estimate of drug-likeness (QED) is 0.621. The molecule has 0 amide bonds. The van der Waals surface area contributed by atoms with Crippen LogP contribution in [0.1, 0.15) is 25.8 Å². The topological polar surface area (TPSA) is 68.2 Å². The van der Waals surface area contributed by atoms with Crippen molar-refractivity contribution in [1.29, 1.82) is 0 Å². The molecular formula is C19H21ClN2O3S2. The summed E-state index contributed by atoms with van der Waals surface area (Å²) >= 11 is 7.24. The van der Waals surface area contributed by atoms with E-state index in [1.807, 2.05) is 32.0 Å². The van der Waals surface area contributed by atoms with E-state index >= 15 is 0 Å². The molecular weight excluding hydrogens is 404 g/mol. The fraction of sp³-hybridized carbons (Fsp3) is 0.316. The van der Waals surface area contributed by atoms with E-state index in [2.05, 4.69) is 4.72 Å². The van der Waals surface area contributed by atoms with E-state index in [0.717, 1.165) is 23.3 Å². The third kappa shape index (κ3) is 4.60. The molecule has 27 heavy (non-hydrogen) atoms. The Morgan fingerprint density at radius 1 is 1.19 bits per heavy atom. The first kappa shape index (κ1) is 20.1. The molecule has 1 N–H and O–H groups in total. The molecule has 0 spiro atoms. The fourth-order valence-electron chi connectivity index (χ4n) is 2.73. The van der Waals surface area contributed by atoms with E-state index < -0.39 is 10.0 Å². The number of fused-ring (bicyclic) bond motifs is 1. The summed E-state index contributed by atoms with van der Waals surface area (Å²) in [6.45, 7) is 4.82. The number of halogens is 1. The van der Waals surface area contributed by atoms with Crippen molar-refractivity contribution in [1.82, 2.24) is 9.29 Å². The Hall–Kier alpha value is -1.67. The van der Waals surface area contributed by atoms with Crippen LogP contribution in [0.5, 0.6) is 0 Å². The van der Waals surface area contributed by atoms with E-state index in [1.165, 1.54) is 6.07 Å². The molecule has 0 radical (unpaired) electrons. The minimum absolute atomic E-state index is 0.146. The molecule has 0 unspecified atom stereocenters. The number of nitrogens with one attached hydrogen (secondary N) is 1. The Morgan fingerprint density at radius 2 is 1.93 bits per heavy atom. The highest BCUT2D eigenvalue weighted by Gasteiger charge is 2.17. The number of nitrogens with zero attached hydrogens (tertiary/aromatic N) is 1. The maximum atomic E-state index is 12.5. The minimum atomic E-state index is -3.59. The van der Waals surface area contributed by atoms with Gasteiger partial charge in [0.05, 0.1) is 21.7 Å². The summed E-state index contributed by atoms with van der Waals surface area (Å²) in [7, 11) is -3.59. The predicted octanol–water partition coefficient (Wildman–Crippen LogP) is 4.09. The summed E-state index contributed by atoms with van der Waals surface area (Å²) in [6.07, 6.45) is 0.767. The van der Waals surface area contributed by atoms with Gasteiger partial charge in [0.2, 0.25) is 10.0 Å². The van der Waals surface area contributed by atoms with Crippen molar-refractivity contribution >= 4 is 43.2 Å². The van der Waals surface area contributed by atoms with Crippen LogP contribution in [0.15, 0.2) is 52.2 Å². The summed E-state index contributed by atoms with van der Waals surface area (Å²) in [5, 5.41) is 0.595. The summed E-state index contributed by atoms with van der Waals surface area (Å²) in [4.78, 5) is 12.5. The Bertz CT molecular complexity index is 1120. The van der Waals surface area contributed by atoms with Crippen LogP contribution in [-0.2, 0) is 16.6 Å². The monoisotopic (exact) mass is 424 g/mol. The second-order valence-corrected chi connectivity index (χ2v) is 9.92. The van der Waals surface area contributed by atoms with Gasteiger partial charge in [-0.05, 0) is 42.2 Å². The lowest BCUT2D eigenvalue weighted by Gasteiger charge is -2.09. The molecule has 0 bridgehead atoms. The SMILES string of the molecule is CC(C)CCNS(=O)(=O)c1ccc2c(c1)sc(=O)n2Cc1ccccc1Cl. The molecule has 144 valence electrons. The summed E-state index contributed by atoms with van der Waals surface area (Å²) < 4.78 is 29.8. The van der Waals surface area contributed by atoms with Gasteiger partial charge >= 0.3 is 4.87 Å². The molecule has 0 saturated heterocycles. The van der Waals surface area contributed by atoms with Crippen LogP contribution in [0, 0.1) is 5.92 Å². The molecule has 5 nitrogen and oxygen atoms in total. The summed E-state index contributed by atoms with van der Waals surface area (Å²) in [5.41, 5.74) is 1.54. The first-order valence-corrected chi connectivity index (χ1v) is 11.3. The Balaban J connectivity index is 1.92. The lowest BCUT2D eigenvalue weighted by molar-refractivity contribution is 0.551. The second kappa shape index (κ2) is 8.14. The van der Waals surface area contributed by atoms with Gasteiger partial charge in [-0.15, -0.1) is 0 Å². The van der Waals surface area contributed by atoms with Crippen molar-refractivity contribution in [3.8, 4) is 0 Å². The molecule has 0 fully saturated rings. The molecule has 0 aliphatic rings. The van der Waals surface area contributed by atoms with E-state index in [4.69, 9.17) is 11.6 Å². The van der Waals surface area contributed by atoms with Crippen LogP contribution in [0.3, 0.4) is 0 Å². The average molecular weight is 425 g/mol. The third-order valence-electron chi connectivity index (χ3n) is 4.25. The number of aromatic nitrogens is 1. The molecule has 0 saturated carbocycles. The van der Waals surface area contributed by atoms with E-state index in [-0.39, 0.29) is 9.77 Å². The number of rotatable bonds is 7. The second-order valence-electron chi connectivity index (χ2n) is 6.76. The Kier molecular flexibility index (Phi) is 6.05. The highest BCUT2D eigenvalue weighted by Crippen LogP contribution is 2.24. The molecule has 8 heteroatoms. The normalized spacial score (nSPS) is 12.1. The lowest BCUT2D eigenvalue weighted by atomic mass is 10.1. The van der Waals surface area contributed by atoms with Crippen LogP contribution in [0.2, 0.25) is 5.02 Å². The van der Waals surface area contributed by atoms with Gasteiger partial charge in [-0.2, -0.15) is 0 Å². The highest BCUT2D eigenvalue weighted by atomic mass is 35.5. The van der Waals surface area contributed by atoms with Crippen molar-refractivity contribution in [2.24, 2.45) is 5.92 Å². The van der Waals surface area contributed by atoms with Crippen molar-refractivity contribution in [3.63, 3.8) is 0 Å². The van der Waals surface area contributed by atoms with Crippen molar-refractivity contribution in [2.45, 2.75) is 31.7 Å². The average Bonchev–Trinajstić information content (AvgIpc) is 2.91. The van der Waals surface area contributed by atoms with Gasteiger partial charge in [0.25, 0.3) is 0 Å². The molecule has 1 heterocycles. The van der Waals surface area contributed by atoms with E-state index in [1.54, 1.807) is 22.8 Å². The van der Waals surface area contributed by atoms with Crippen molar-refractivity contribution in [2.75, 3.05) is 6.54 Å². The van der Waals surface area contributed by atoms with Crippen LogP contribution in [0.25, 0.3) is 10.2 Å². The number of hydrogen-bond acceptors (Lipinski definition) is 4. The molecule has 2 aromatic carbocycles. The van der Waals surface area contributed by atoms with Gasteiger partial charge in [0, 0.05) is 11.6 Å². The lowest BCUT2D eigenvalue weighted by Crippen LogP contribution is -2.25. The maximum Gasteiger partial charge on any atom is 0.308 e. The number of thiazole rings is 1. The molecule has 0 aliphatic heterocycles. The van der Waals surface area contributed by atoms with Crippen molar-refractivity contribution in [3.05, 3.63) is 62.7 Å². The number of benzene rings is 2. The van der Waals surface area contributed by atoms with Crippen LogP contribution < -0.4 is 9.60 Å². The first-order valence-electron chi connectivity index (χ1n) is 8.64. The Labute approximate surface area is 167 Å². The predicted molar refractivity (Wildman–Crippen MR) is 111 cm³/mol. The zero-order valence-electron chi connectivity index (χ0n) is 15.1. The third-order valence-corrected chi connectivity index (χ3v) is 7.02. The van der Waals surface area contributed by atoms with Gasteiger partial charge in [0.1, 0.15) is 0 Å². The van der Waals surface area contributed by atoms with Gasteiger partial charge in [0.15, 0.2) is 0 Å². The fourth-order valence-corrected chi connectivity index (χ4v) is 5.00. The molecule has 0 atom stereocenters. The zero-order valence-corrected chi connectivity index (χ0v) is 17.5. The van der Waals surface area contributed by atoms with Gasteiger partial charge < -0.3 is 0 Å². The molecule has 0 aliphatic carbocycles. The Morgan fingerprint density at radius 3 is 2.63 bits per heavy atom.